The number of halogens is 2. The maximum atomic E-state index is 13.7. The SMILES string of the molecule is C[NH+](CC(=O)Nc1cc(Cl)ccc1-n1cncn1)Cc1ccccc1F. The van der Waals surface area contributed by atoms with E-state index in [-0.39, 0.29) is 18.3 Å². The van der Waals surface area contributed by atoms with Crippen LogP contribution in [0, 0.1) is 5.82 Å². The predicted octanol–water partition coefficient (Wildman–Crippen LogP) is 1.71. The monoisotopic (exact) mass is 374 g/mol. The van der Waals surface area contributed by atoms with Crippen LogP contribution in [0.1, 0.15) is 5.56 Å². The normalized spacial score (nSPS) is 12.0. The minimum absolute atomic E-state index is 0.178. The summed E-state index contributed by atoms with van der Waals surface area (Å²) in [6.07, 6.45) is 2.95. The van der Waals surface area contributed by atoms with E-state index in [9.17, 15) is 9.18 Å². The molecule has 0 aliphatic rings. The first kappa shape index (κ1) is 18.0. The van der Waals surface area contributed by atoms with Crippen LogP contribution in [0.4, 0.5) is 10.1 Å². The Morgan fingerprint density at radius 1 is 1.31 bits per heavy atom. The van der Waals surface area contributed by atoms with Crippen molar-refractivity contribution >= 4 is 23.2 Å². The molecule has 134 valence electrons. The zero-order chi connectivity index (χ0) is 18.5. The number of anilines is 1. The molecule has 0 fully saturated rings. The zero-order valence-electron chi connectivity index (χ0n) is 14.1. The number of carbonyl (C=O) groups excluding carboxylic acids is 1. The molecule has 0 aliphatic carbocycles. The Balaban J connectivity index is 1.68. The molecule has 0 saturated carbocycles. The first-order chi connectivity index (χ1) is 12.5. The van der Waals surface area contributed by atoms with Crippen molar-refractivity contribution in [2.45, 2.75) is 6.54 Å². The van der Waals surface area contributed by atoms with Gasteiger partial charge < -0.3 is 10.2 Å². The maximum Gasteiger partial charge on any atom is 0.279 e. The van der Waals surface area contributed by atoms with Crippen LogP contribution in [0.15, 0.2) is 55.1 Å². The molecule has 0 saturated heterocycles. The van der Waals surface area contributed by atoms with E-state index in [0.29, 0.717) is 28.5 Å². The van der Waals surface area contributed by atoms with Gasteiger partial charge in [0.1, 0.15) is 25.0 Å². The second-order valence-electron chi connectivity index (χ2n) is 5.95. The van der Waals surface area contributed by atoms with E-state index < -0.39 is 0 Å². The lowest BCUT2D eigenvalue weighted by Crippen LogP contribution is -3.08. The summed E-state index contributed by atoms with van der Waals surface area (Å²) in [5.41, 5.74) is 1.77. The van der Waals surface area contributed by atoms with E-state index in [4.69, 9.17) is 11.6 Å². The summed E-state index contributed by atoms with van der Waals surface area (Å²) in [7, 11) is 1.84. The lowest BCUT2D eigenvalue weighted by atomic mass is 10.2. The van der Waals surface area contributed by atoms with Crippen LogP contribution in [0.5, 0.6) is 0 Å². The van der Waals surface area contributed by atoms with Gasteiger partial charge in [-0.3, -0.25) is 4.79 Å². The number of carbonyl (C=O) groups is 1. The summed E-state index contributed by atoms with van der Waals surface area (Å²) in [5, 5.41) is 7.42. The Kier molecular flexibility index (Phi) is 5.60. The van der Waals surface area contributed by atoms with Gasteiger partial charge in [-0.15, -0.1) is 0 Å². The third kappa shape index (κ3) is 4.44. The van der Waals surface area contributed by atoms with Crippen LogP contribution in [0.3, 0.4) is 0 Å². The average molecular weight is 375 g/mol. The largest absolute Gasteiger partial charge is 0.326 e. The molecule has 0 aliphatic heterocycles. The van der Waals surface area contributed by atoms with Gasteiger partial charge in [0.15, 0.2) is 6.54 Å². The van der Waals surface area contributed by atoms with Crippen LogP contribution in [0.2, 0.25) is 5.02 Å². The molecule has 0 radical (unpaired) electrons. The van der Waals surface area contributed by atoms with Crippen LogP contribution in [-0.4, -0.2) is 34.3 Å². The van der Waals surface area contributed by atoms with Crippen LogP contribution in [0.25, 0.3) is 5.69 Å². The van der Waals surface area contributed by atoms with Gasteiger partial charge in [-0.2, -0.15) is 5.10 Å². The highest BCUT2D eigenvalue weighted by Gasteiger charge is 2.15. The number of quaternary nitrogens is 1. The van der Waals surface area contributed by atoms with Crippen LogP contribution >= 0.6 is 11.6 Å². The Morgan fingerprint density at radius 3 is 2.85 bits per heavy atom. The molecule has 3 rings (SSSR count). The highest BCUT2D eigenvalue weighted by atomic mass is 35.5. The predicted molar refractivity (Wildman–Crippen MR) is 96.9 cm³/mol. The fourth-order valence-corrected chi connectivity index (χ4v) is 2.81. The zero-order valence-corrected chi connectivity index (χ0v) is 14.9. The topological polar surface area (TPSA) is 64.2 Å². The van der Waals surface area contributed by atoms with Gasteiger partial charge in [0.05, 0.1) is 18.4 Å². The fraction of sp³-hybridized carbons (Fsp3) is 0.167. The Morgan fingerprint density at radius 2 is 2.12 bits per heavy atom. The summed E-state index contributed by atoms with van der Waals surface area (Å²) in [6.45, 7) is 0.587. The van der Waals surface area contributed by atoms with Crippen molar-refractivity contribution in [3.8, 4) is 5.69 Å². The summed E-state index contributed by atoms with van der Waals surface area (Å²) >= 11 is 6.05. The second-order valence-corrected chi connectivity index (χ2v) is 6.39. The van der Waals surface area contributed by atoms with E-state index in [1.807, 2.05) is 7.05 Å². The molecule has 8 heteroatoms. The number of hydrogen-bond acceptors (Lipinski definition) is 3. The van der Waals surface area contributed by atoms with Crippen molar-refractivity contribution in [1.29, 1.82) is 0 Å². The molecule has 2 N–H and O–H groups in total. The van der Waals surface area contributed by atoms with E-state index in [0.717, 1.165) is 4.90 Å². The first-order valence-electron chi connectivity index (χ1n) is 8.02. The summed E-state index contributed by atoms with van der Waals surface area (Å²) < 4.78 is 15.3. The molecule has 1 unspecified atom stereocenters. The van der Waals surface area contributed by atoms with Crippen molar-refractivity contribution in [3.05, 3.63) is 71.5 Å². The van der Waals surface area contributed by atoms with E-state index in [2.05, 4.69) is 15.4 Å². The van der Waals surface area contributed by atoms with Gasteiger partial charge in [-0.25, -0.2) is 14.1 Å². The highest BCUT2D eigenvalue weighted by molar-refractivity contribution is 6.31. The minimum Gasteiger partial charge on any atom is -0.326 e. The third-order valence-electron chi connectivity index (χ3n) is 3.81. The Hall–Kier alpha value is -2.77. The molecule has 1 amide bonds. The summed E-state index contributed by atoms with van der Waals surface area (Å²) in [6, 6.07) is 11.7. The molecule has 0 bridgehead atoms. The lowest BCUT2D eigenvalue weighted by Gasteiger charge is -2.15. The van der Waals surface area contributed by atoms with Crippen molar-refractivity contribution in [3.63, 3.8) is 0 Å². The van der Waals surface area contributed by atoms with Crippen LogP contribution in [-0.2, 0) is 11.3 Å². The second kappa shape index (κ2) is 8.07. The third-order valence-corrected chi connectivity index (χ3v) is 4.05. The van der Waals surface area contributed by atoms with Gasteiger partial charge in [0.25, 0.3) is 5.91 Å². The maximum absolute atomic E-state index is 13.7. The number of amides is 1. The molecule has 2 aromatic carbocycles. The number of benzene rings is 2. The van der Waals surface area contributed by atoms with Gasteiger partial charge in [0.2, 0.25) is 0 Å². The summed E-state index contributed by atoms with van der Waals surface area (Å²) in [5.74, 6) is -0.474. The molecule has 0 spiro atoms. The van der Waals surface area contributed by atoms with E-state index in [1.54, 1.807) is 41.1 Å². The highest BCUT2D eigenvalue weighted by Crippen LogP contribution is 2.23. The molecule has 1 atom stereocenters. The van der Waals surface area contributed by atoms with Crippen LogP contribution < -0.4 is 10.2 Å². The number of rotatable bonds is 6. The smallest absolute Gasteiger partial charge is 0.279 e. The van der Waals surface area contributed by atoms with Gasteiger partial charge in [-0.1, -0.05) is 29.8 Å². The standard InChI is InChI=1S/C18H17ClFN5O/c1-24(9-13-4-2-3-5-15(13)20)10-18(26)23-16-8-14(19)6-7-17(16)25-12-21-11-22-25/h2-8,11-12H,9-10H2,1H3,(H,23,26)/p+1. The molecule has 3 aromatic rings. The van der Waals surface area contributed by atoms with Crippen molar-refractivity contribution in [2.75, 3.05) is 18.9 Å². The van der Waals surface area contributed by atoms with Gasteiger partial charge >= 0.3 is 0 Å². The average Bonchev–Trinajstić information content (AvgIpc) is 3.11. The van der Waals surface area contributed by atoms with E-state index in [1.165, 1.54) is 18.7 Å². The number of hydrogen-bond donors (Lipinski definition) is 2. The number of nitrogens with one attached hydrogen (secondary N) is 2. The van der Waals surface area contributed by atoms with Gasteiger partial charge in [-0.05, 0) is 24.3 Å². The quantitative estimate of drug-likeness (QED) is 0.690. The van der Waals surface area contributed by atoms with E-state index >= 15 is 0 Å². The Bertz CT molecular complexity index is 900. The molecule has 6 nitrogen and oxygen atoms in total. The Labute approximate surface area is 155 Å². The minimum atomic E-state index is -0.268. The van der Waals surface area contributed by atoms with Gasteiger partial charge in [0, 0.05) is 10.6 Å². The molecule has 1 heterocycles. The molecule has 26 heavy (non-hydrogen) atoms. The molecule has 1 aromatic heterocycles. The first-order valence-corrected chi connectivity index (χ1v) is 8.40. The van der Waals surface area contributed by atoms with Crippen molar-refractivity contribution in [2.24, 2.45) is 0 Å². The lowest BCUT2D eigenvalue weighted by molar-refractivity contribution is -0.885. The number of nitrogens with zero attached hydrogens (tertiary/aromatic N) is 3. The number of likely N-dealkylation sites (N-methyl/N-ethyl adjacent to an activating group) is 1. The molecular weight excluding hydrogens is 357 g/mol. The summed E-state index contributed by atoms with van der Waals surface area (Å²) in [4.78, 5) is 17.2. The van der Waals surface area contributed by atoms with Crippen molar-refractivity contribution in [1.82, 2.24) is 14.8 Å². The number of aromatic nitrogens is 3. The fourth-order valence-electron chi connectivity index (χ4n) is 2.64. The molecular formula is C18H18ClFN5O+. The van der Waals surface area contributed by atoms with Crippen molar-refractivity contribution < 1.29 is 14.1 Å².